The first-order valence-electron chi connectivity index (χ1n) is 6.59. The summed E-state index contributed by atoms with van der Waals surface area (Å²) >= 11 is 0. The third-order valence-corrected chi connectivity index (χ3v) is 3.14. The molecular weight excluding hydrogens is 247 g/mol. The summed E-state index contributed by atoms with van der Waals surface area (Å²) in [6.07, 6.45) is 0.257. The minimum Gasteiger partial charge on any atom is -0.478 e. The zero-order chi connectivity index (χ0) is 13.7. The Labute approximate surface area is 112 Å². The molecule has 5 heteroatoms. The molecule has 1 aromatic carbocycles. The van der Waals surface area contributed by atoms with E-state index in [1.54, 1.807) is 24.0 Å². The van der Waals surface area contributed by atoms with Crippen LogP contribution in [0.3, 0.4) is 0 Å². The molecule has 1 aliphatic heterocycles. The number of carbonyl (C=O) groups excluding carboxylic acids is 1. The molecule has 0 radical (unpaired) electrons. The molecule has 4 nitrogen and oxygen atoms in total. The van der Waals surface area contributed by atoms with Crippen molar-refractivity contribution in [3.63, 3.8) is 0 Å². The van der Waals surface area contributed by atoms with Crippen LogP contribution in [0.25, 0.3) is 0 Å². The molecule has 0 aliphatic carbocycles. The Morgan fingerprint density at radius 3 is 2.95 bits per heavy atom. The second kappa shape index (κ2) is 6.52. The number of ether oxygens (including phenoxy) is 1. The molecule has 1 fully saturated rings. The van der Waals surface area contributed by atoms with E-state index >= 15 is 0 Å². The van der Waals surface area contributed by atoms with Gasteiger partial charge in [-0.3, -0.25) is 4.79 Å². The highest BCUT2D eigenvalue weighted by Crippen LogP contribution is 2.17. The smallest absolute Gasteiger partial charge is 0.263 e. The first-order chi connectivity index (χ1) is 9.18. The zero-order valence-corrected chi connectivity index (χ0v) is 11.1. The Balaban J connectivity index is 1.97. The summed E-state index contributed by atoms with van der Waals surface area (Å²) < 4.78 is 18.9. The summed E-state index contributed by atoms with van der Waals surface area (Å²) in [6, 6.07) is 6.13. The van der Waals surface area contributed by atoms with E-state index < -0.39 is 11.9 Å². The quantitative estimate of drug-likeness (QED) is 0.899. The van der Waals surface area contributed by atoms with E-state index in [0.29, 0.717) is 6.54 Å². The fourth-order valence-electron chi connectivity index (χ4n) is 2.10. The standard InChI is InChI=1S/C14H19FN2O2/c1-11(19-13-6-3-2-5-12(13)15)14(18)17-9-4-7-16-8-10-17/h2-3,5-6,11,16H,4,7-10H2,1H3. The molecular formula is C14H19FN2O2. The van der Waals surface area contributed by atoms with Gasteiger partial charge in [-0.15, -0.1) is 0 Å². The van der Waals surface area contributed by atoms with Crippen molar-refractivity contribution in [1.82, 2.24) is 10.2 Å². The highest BCUT2D eigenvalue weighted by atomic mass is 19.1. The van der Waals surface area contributed by atoms with Crippen LogP contribution in [-0.2, 0) is 4.79 Å². The molecule has 1 unspecified atom stereocenters. The normalized spacial score (nSPS) is 17.7. The molecule has 0 bridgehead atoms. The first-order valence-corrected chi connectivity index (χ1v) is 6.59. The maximum absolute atomic E-state index is 13.5. The van der Waals surface area contributed by atoms with Crippen LogP contribution in [-0.4, -0.2) is 43.1 Å². The van der Waals surface area contributed by atoms with Gasteiger partial charge in [-0.1, -0.05) is 12.1 Å². The average Bonchev–Trinajstić information content (AvgIpc) is 2.69. The van der Waals surface area contributed by atoms with E-state index in [1.165, 1.54) is 12.1 Å². The molecule has 1 saturated heterocycles. The van der Waals surface area contributed by atoms with Crippen LogP contribution in [0, 0.1) is 5.82 Å². The van der Waals surface area contributed by atoms with Crippen molar-refractivity contribution in [3.8, 4) is 5.75 Å². The number of hydrogen-bond acceptors (Lipinski definition) is 3. The van der Waals surface area contributed by atoms with Crippen LogP contribution >= 0.6 is 0 Å². The van der Waals surface area contributed by atoms with Gasteiger partial charge < -0.3 is 15.0 Å². The molecule has 0 spiro atoms. The largest absolute Gasteiger partial charge is 0.478 e. The molecule has 1 N–H and O–H groups in total. The van der Waals surface area contributed by atoms with Crippen LogP contribution in [0.15, 0.2) is 24.3 Å². The van der Waals surface area contributed by atoms with E-state index in [9.17, 15) is 9.18 Å². The van der Waals surface area contributed by atoms with Crippen molar-refractivity contribution >= 4 is 5.91 Å². The lowest BCUT2D eigenvalue weighted by molar-refractivity contribution is -0.137. The zero-order valence-electron chi connectivity index (χ0n) is 11.1. The van der Waals surface area contributed by atoms with E-state index in [1.807, 2.05) is 0 Å². The van der Waals surface area contributed by atoms with E-state index in [-0.39, 0.29) is 11.7 Å². The number of rotatable bonds is 3. The number of para-hydroxylation sites is 1. The van der Waals surface area contributed by atoms with Gasteiger partial charge in [0, 0.05) is 19.6 Å². The number of nitrogens with one attached hydrogen (secondary N) is 1. The van der Waals surface area contributed by atoms with Crippen molar-refractivity contribution in [2.75, 3.05) is 26.2 Å². The lowest BCUT2D eigenvalue weighted by Gasteiger charge is -2.24. The third kappa shape index (κ3) is 3.67. The Morgan fingerprint density at radius 1 is 1.37 bits per heavy atom. The number of hydrogen-bond donors (Lipinski definition) is 1. The molecule has 1 amide bonds. The summed E-state index contributed by atoms with van der Waals surface area (Å²) in [6.45, 7) is 4.76. The third-order valence-electron chi connectivity index (χ3n) is 3.14. The number of carbonyl (C=O) groups is 1. The Kier molecular flexibility index (Phi) is 4.74. The molecule has 104 valence electrons. The summed E-state index contributed by atoms with van der Waals surface area (Å²) in [5.41, 5.74) is 0. The van der Waals surface area contributed by atoms with Gasteiger partial charge in [-0.25, -0.2) is 4.39 Å². The summed E-state index contributed by atoms with van der Waals surface area (Å²) in [5, 5.41) is 3.24. The van der Waals surface area contributed by atoms with Crippen molar-refractivity contribution in [2.45, 2.75) is 19.4 Å². The number of nitrogens with zero attached hydrogens (tertiary/aromatic N) is 1. The maximum atomic E-state index is 13.5. The van der Waals surface area contributed by atoms with Crippen LogP contribution in [0.1, 0.15) is 13.3 Å². The minimum absolute atomic E-state index is 0.0908. The van der Waals surface area contributed by atoms with E-state index in [2.05, 4.69) is 5.32 Å². The van der Waals surface area contributed by atoms with Gasteiger partial charge in [0.25, 0.3) is 5.91 Å². The number of halogens is 1. The highest BCUT2D eigenvalue weighted by Gasteiger charge is 2.23. The SMILES string of the molecule is CC(Oc1ccccc1F)C(=O)N1CCCNCC1. The van der Waals surface area contributed by atoms with Gasteiger partial charge in [0.05, 0.1) is 0 Å². The fraction of sp³-hybridized carbons (Fsp3) is 0.500. The Morgan fingerprint density at radius 2 is 2.16 bits per heavy atom. The molecule has 19 heavy (non-hydrogen) atoms. The summed E-state index contributed by atoms with van der Waals surface area (Å²) in [4.78, 5) is 14.0. The van der Waals surface area contributed by atoms with Gasteiger partial charge in [0.1, 0.15) is 0 Å². The van der Waals surface area contributed by atoms with Crippen molar-refractivity contribution in [3.05, 3.63) is 30.1 Å². The van der Waals surface area contributed by atoms with E-state index in [4.69, 9.17) is 4.74 Å². The molecule has 1 atom stereocenters. The first kappa shape index (κ1) is 13.8. The average molecular weight is 266 g/mol. The summed E-state index contributed by atoms with van der Waals surface area (Å²) in [5.74, 6) is -0.414. The lowest BCUT2D eigenvalue weighted by Crippen LogP contribution is -2.42. The van der Waals surface area contributed by atoms with Gasteiger partial charge >= 0.3 is 0 Å². The second-order valence-corrected chi connectivity index (χ2v) is 4.62. The maximum Gasteiger partial charge on any atom is 0.263 e. The molecule has 1 heterocycles. The van der Waals surface area contributed by atoms with Gasteiger partial charge in [-0.2, -0.15) is 0 Å². The molecule has 0 saturated carbocycles. The Bertz CT molecular complexity index is 431. The van der Waals surface area contributed by atoms with Crippen LogP contribution in [0.4, 0.5) is 4.39 Å². The molecule has 1 aliphatic rings. The lowest BCUT2D eigenvalue weighted by atomic mass is 10.3. The van der Waals surface area contributed by atoms with Crippen LogP contribution in [0.2, 0.25) is 0 Å². The Hall–Kier alpha value is -1.62. The van der Waals surface area contributed by atoms with Crippen molar-refractivity contribution in [1.29, 1.82) is 0 Å². The van der Waals surface area contributed by atoms with E-state index in [0.717, 1.165) is 26.1 Å². The van der Waals surface area contributed by atoms with Crippen LogP contribution in [0.5, 0.6) is 5.75 Å². The monoisotopic (exact) mass is 266 g/mol. The summed E-state index contributed by atoms with van der Waals surface area (Å²) in [7, 11) is 0. The minimum atomic E-state index is -0.671. The molecule has 2 rings (SSSR count). The second-order valence-electron chi connectivity index (χ2n) is 4.62. The molecule has 0 aromatic heterocycles. The van der Waals surface area contributed by atoms with Crippen LogP contribution < -0.4 is 10.1 Å². The predicted octanol–water partition coefficient (Wildman–Crippen LogP) is 1.41. The van der Waals surface area contributed by atoms with Gasteiger partial charge in [0.2, 0.25) is 0 Å². The fourth-order valence-corrected chi connectivity index (χ4v) is 2.10. The van der Waals surface area contributed by atoms with Crippen molar-refractivity contribution < 1.29 is 13.9 Å². The highest BCUT2D eigenvalue weighted by molar-refractivity contribution is 5.81. The van der Waals surface area contributed by atoms with Gasteiger partial charge in [0.15, 0.2) is 17.7 Å². The number of amides is 1. The number of benzene rings is 1. The topological polar surface area (TPSA) is 41.6 Å². The molecule has 1 aromatic rings. The van der Waals surface area contributed by atoms with Gasteiger partial charge in [-0.05, 0) is 32.0 Å². The van der Waals surface area contributed by atoms with Crippen molar-refractivity contribution in [2.24, 2.45) is 0 Å². The predicted molar refractivity (Wildman–Crippen MR) is 70.6 cm³/mol.